The van der Waals surface area contributed by atoms with Gasteiger partial charge in [0.25, 0.3) is 0 Å². The molecule has 1 aliphatic heterocycles. The van der Waals surface area contributed by atoms with E-state index in [-0.39, 0.29) is 18.8 Å². The molecule has 24 heavy (non-hydrogen) atoms. The first kappa shape index (κ1) is 17.1. The second kappa shape index (κ2) is 6.66. The number of benzene rings is 2. The summed E-state index contributed by atoms with van der Waals surface area (Å²) in [6, 6.07) is 10.0. The Balaban J connectivity index is 2.14. The molecule has 0 fully saturated rings. The molecule has 0 aliphatic carbocycles. The number of halogens is 3. The minimum absolute atomic E-state index is 0.0527. The largest absolute Gasteiger partial charge is 0.308 e. The fourth-order valence-electron chi connectivity index (χ4n) is 2.67. The van der Waals surface area contributed by atoms with Gasteiger partial charge in [0, 0.05) is 25.0 Å². The summed E-state index contributed by atoms with van der Waals surface area (Å²) in [4.78, 5) is 0. The first-order valence-electron chi connectivity index (χ1n) is 7.34. The van der Waals surface area contributed by atoms with Crippen LogP contribution in [0.4, 0.5) is 20.2 Å². The van der Waals surface area contributed by atoms with Crippen LogP contribution in [0.5, 0.6) is 0 Å². The normalized spacial score (nSPS) is 16.9. The van der Waals surface area contributed by atoms with E-state index in [2.05, 4.69) is 0 Å². The van der Waals surface area contributed by atoms with Crippen LogP contribution in [-0.4, -0.2) is 25.1 Å². The van der Waals surface area contributed by atoms with Crippen LogP contribution in [0.25, 0.3) is 0 Å². The highest BCUT2D eigenvalue weighted by Gasteiger charge is 2.37. The number of anilines is 2. The zero-order valence-electron chi connectivity index (χ0n) is 12.6. The lowest BCUT2D eigenvalue weighted by Gasteiger charge is -2.37. The van der Waals surface area contributed by atoms with E-state index < -0.39 is 21.8 Å². The lowest BCUT2D eigenvalue weighted by molar-refractivity contribution is 0.400. The molecule has 0 aromatic heterocycles. The van der Waals surface area contributed by atoms with Crippen molar-refractivity contribution in [2.24, 2.45) is 0 Å². The highest BCUT2D eigenvalue weighted by atomic mass is 35.5. The molecular formula is C16H15ClF2N2O2S. The number of fused-ring (bicyclic) bond motifs is 1. The summed E-state index contributed by atoms with van der Waals surface area (Å²) in [7, 11) is -3.91. The monoisotopic (exact) mass is 372 g/mol. The van der Waals surface area contributed by atoms with Crippen molar-refractivity contribution in [1.29, 1.82) is 0 Å². The maximum absolute atomic E-state index is 13.6. The van der Waals surface area contributed by atoms with Gasteiger partial charge in [-0.3, -0.25) is 0 Å². The molecule has 4 nitrogen and oxygen atoms in total. The van der Waals surface area contributed by atoms with Gasteiger partial charge < -0.3 is 0 Å². The van der Waals surface area contributed by atoms with Crippen molar-refractivity contribution < 1.29 is 17.2 Å². The lowest BCUT2D eigenvalue weighted by Crippen LogP contribution is -2.45. The van der Waals surface area contributed by atoms with Gasteiger partial charge in [-0.1, -0.05) is 18.2 Å². The Labute approximate surface area is 144 Å². The lowest BCUT2D eigenvalue weighted by atomic mass is 10.1. The van der Waals surface area contributed by atoms with Gasteiger partial charge in [-0.15, -0.1) is 11.6 Å². The summed E-state index contributed by atoms with van der Waals surface area (Å²) in [6.07, 6.45) is 0.495. The smallest absolute Gasteiger partial charge is 0.225 e. The molecule has 0 radical (unpaired) electrons. The number of hydrogen-bond acceptors (Lipinski definition) is 2. The van der Waals surface area contributed by atoms with E-state index in [0.29, 0.717) is 18.0 Å². The van der Waals surface area contributed by atoms with Crippen molar-refractivity contribution >= 4 is 33.2 Å². The Morgan fingerprint density at radius 1 is 1.08 bits per heavy atom. The molecule has 1 aliphatic rings. The van der Waals surface area contributed by atoms with E-state index in [4.69, 9.17) is 11.6 Å². The summed E-state index contributed by atoms with van der Waals surface area (Å²) >= 11 is 5.68. The quantitative estimate of drug-likeness (QED) is 0.766. The number of hydrogen-bond donors (Lipinski definition) is 0. The van der Waals surface area contributed by atoms with Gasteiger partial charge in [0.1, 0.15) is 0 Å². The molecule has 2 aromatic rings. The minimum atomic E-state index is -3.91. The van der Waals surface area contributed by atoms with E-state index >= 15 is 0 Å². The molecule has 0 saturated carbocycles. The van der Waals surface area contributed by atoms with Crippen LogP contribution >= 0.6 is 11.6 Å². The van der Waals surface area contributed by atoms with E-state index in [1.54, 1.807) is 18.2 Å². The standard InChI is InChI=1S/C16H15ClF2N2O2S/c17-8-3-9-20-11-12-4-1-2-5-16(12)21(24(20,22)23)13-6-7-14(18)15(19)10-13/h1-2,4-7,10H,3,8-9,11H2. The predicted molar refractivity (Wildman–Crippen MR) is 89.6 cm³/mol. The van der Waals surface area contributed by atoms with Crippen LogP contribution in [0, 0.1) is 11.6 Å². The molecule has 0 unspecified atom stereocenters. The third-order valence-corrected chi connectivity index (χ3v) is 5.89. The van der Waals surface area contributed by atoms with Crippen LogP contribution < -0.4 is 4.31 Å². The Morgan fingerprint density at radius 3 is 2.54 bits per heavy atom. The topological polar surface area (TPSA) is 40.6 Å². The van der Waals surface area contributed by atoms with Crippen molar-refractivity contribution in [1.82, 2.24) is 4.31 Å². The van der Waals surface area contributed by atoms with Gasteiger partial charge in [-0.05, 0) is 30.2 Å². The molecule has 0 bridgehead atoms. The maximum Gasteiger partial charge on any atom is 0.308 e. The van der Waals surface area contributed by atoms with Gasteiger partial charge in [0.2, 0.25) is 0 Å². The summed E-state index contributed by atoms with van der Waals surface area (Å²) in [6.45, 7) is 0.468. The molecule has 1 heterocycles. The molecule has 0 amide bonds. The summed E-state index contributed by atoms with van der Waals surface area (Å²) in [5.41, 5.74) is 1.27. The van der Waals surface area contributed by atoms with Crippen LogP contribution in [0.15, 0.2) is 42.5 Å². The summed E-state index contributed by atoms with van der Waals surface area (Å²) < 4.78 is 55.1. The van der Waals surface area contributed by atoms with Gasteiger partial charge in [-0.25, -0.2) is 13.1 Å². The summed E-state index contributed by atoms with van der Waals surface area (Å²) in [5.74, 6) is -1.79. The molecule has 8 heteroatoms. The van der Waals surface area contributed by atoms with E-state index in [1.165, 1.54) is 10.4 Å². The van der Waals surface area contributed by atoms with Crippen molar-refractivity contribution in [2.75, 3.05) is 16.7 Å². The Bertz CT molecular complexity index is 861. The maximum atomic E-state index is 13.6. The predicted octanol–water partition coefficient (Wildman–Crippen LogP) is 3.79. The van der Waals surface area contributed by atoms with Gasteiger partial charge in [0.05, 0.1) is 11.4 Å². The fraction of sp³-hybridized carbons (Fsp3) is 0.250. The van der Waals surface area contributed by atoms with Crippen molar-refractivity contribution in [3.05, 3.63) is 59.7 Å². The van der Waals surface area contributed by atoms with Crippen LogP contribution in [0.2, 0.25) is 0 Å². The van der Waals surface area contributed by atoms with E-state index in [9.17, 15) is 17.2 Å². The molecule has 0 atom stereocenters. The molecule has 3 rings (SSSR count). The molecule has 0 spiro atoms. The van der Waals surface area contributed by atoms with E-state index in [1.807, 2.05) is 6.07 Å². The third kappa shape index (κ3) is 2.99. The average molecular weight is 373 g/mol. The molecule has 2 aromatic carbocycles. The van der Waals surface area contributed by atoms with Crippen LogP contribution in [0.3, 0.4) is 0 Å². The third-order valence-electron chi connectivity index (χ3n) is 3.79. The molecule has 128 valence electrons. The van der Waals surface area contributed by atoms with Gasteiger partial charge in [0.15, 0.2) is 11.6 Å². The van der Waals surface area contributed by atoms with Crippen molar-refractivity contribution in [3.63, 3.8) is 0 Å². The second-order valence-corrected chi connectivity index (χ2v) is 7.53. The van der Waals surface area contributed by atoms with Crippen LogP contribution in [0.1, 0.15) is 12.0 Å². The number of para-hydroxylation sites is 1. The van der Waals surface area contributed by atoms with Crippen molar-refractivity contribution in [3.8, 4) is 0 Å². The van der Waals surface area contributed by atoms with Gasteiger partial charge in [-0.2, -0.15) is 12.7 Å². The summed E-state index contributed by atoms with van der Waals surface area (Å²) in [5, 5.41) is 0. The average Bonchev–Trinajstić information content (AvgIpc) is 2.55. The zero-order valence-corrected chi connectivity index (χ0v) is 14.2. The van der Waals surface area contributed by atoms with Crippen molar-refractivity contribution in [2.45, 2.75) is 13.0 Å². The van der Waals surface area contributed by atoms with Gasteiger partial charge >= 0.3 is 10.2 Å². The Hall–Kier alpha value is -1.70. The number of rotatable bonds is 4. The van der Waals surface area contributed by atoms with Crippen LogP contribution in [-0.2, 0) is 16.8 Å². The SMILES string of the molecule is O=S1(=O)N(CCCCl)Cc2ccccc2N1c1ccc(F)c(F)c1. The number of nitrogens with zero attached hydrogens (tertiary/aromatic N) is 2. The highest BCUT2D eigenvalue weighted by molar-refractivity contribution is 7.90. The fourth-order valence-corrected chi connectivity index (χ4v) is 4.49. The molecule has 0 saturated heterocycles. The first-order chi connectivity index (χ1) is 11.4. The molecular weight excluding hydrogens is 358 g/mol. The van der Waals surface area contributed by atoms with E-state index in [0.717, 1.165) is 22.0 Å². The highest BCUT2D eigenvalue weighted by Crippen LogP contribution is 2.38. The minimum Gasteiger partial charge on any atom is -0.225 e. The molecule has 0 N–H and O–H groups in total. The Morgan fingerprint density at radius 2 is 1.83 bits per heavy atom. The number of alkyl halides is 1. The first-order valence-corrected chi connectivity index (χ1v) is 9.27. The Kier molecular flexibility index (Phi) is 4.76. The zero-order chi connectivity index (χ0) is 17.3. The second-order valence-electron chi connectivity index (χ2n) is 5.38.